The van der Waals surface area contributed by atoms with Crippen LogP contribution in [0.25, 0.3) is 34.4 Å². The van der Waals surface area contributed by atoms with Crippen LogP contribution in [0, 0.1) is 13.8 Å². The third-order valence-corrected chi connectivity index (χ3v) is 14.8. The lowest BCUT2D eigenvalue weighted by atomic mass is 9.90. The van der Waals surface area contributed by atoms with Crippen LogP contribution in [0.5, 0.6) is 0 Å². The maximum absolute atomic E-state index is 2.33. The molecule has 10 aromatic rings. The topological polar surface area (TPSA) is 13.0 Å². The Hall–Kier alpha value is -9.64. The highest BCUT2D eigenvalue weighted by Crippen LogP contribution is 2.46. The van der Waals surface area contributed by atoms with Gasteiger partial charge in [0.2, 0.25) is 0 Å². The number of rotatable bonds is 11. The van der Waals surface area contributed by atoms with Crippen molar-refractivity contribution >= 4 is 80.2 Å². The van der Waals surface area contributed by atoms with E-state index < -0.39 is 0 Å². The molecule has 2 heterocycles. The molecular weight excluding hydrogens is 921 g/mol. The molecule has 0 saturated carbocycles. The maximum Gasteiger partial charge on any atom is 0.0488 e. The number of para-hydroxylation sites is 4. The minimum atomic E-state index is 1.09. The second kappa shape index (κ2) is 20.7. The lowest BCUT2D eigenvalue weighted by Crippen LogP contribution is -2.17. The van der Waals surface area contributed by atoms with Crippen LogP contribution in [0.3, 0.4) is 0 Å². The van der Waals surface area contributed by atoms with Gasteiger partial charge in [0.25, 0.3) is 0 Å². The van der Waals surface area contributed by atoms with Crippen molar-refractivity contribution in [2.24, 2.45) is 0 Å². The van der Waals surface area contributed by atoms with E-state index in [0.717, 1.165) is 56.4 Å². The fraction of sp³-hybridized carbons (Fsp3) is 0.0556. The lowest BCUT2D eigenvalue weighted by Gasteiger charge is -2.31. The first kappa shape index (κ1) is 47.4. The molecule has 0 aliphatic carbocycles. The zero-order chi connectivity index (χ0) is 51.5. The first-order chi connectivity index (χ1) is 37.3. The summed E-state index contributed by atoms with van der Waals surface area (Å²) in [7, 11) is 4.29. The van der Waals surface area contributed by atoms with Crippen molar-refractivity contribution in [1.82, 2.24) is 0 Å². The van der Waals surface area contributed by atoms with Gasteiger partial charge in [0.1, 0.15) is 0 Å². The highest BCUT2D eigenvalue weighted by atomic mass is 15.2. The van der Waals surface area contributed by atoms with Crippen LogP contribution in [0.1, 0.15) is 44.5 Å². The first-order valence-corrected chi connectivity index (χ1v) is 26.1. The molecule has 0 atom stereocenters. The van der Waals surface area contributed by atoms with Crippen LogP contribution in [0.15, 0.2) is 267 Å². The number of allylic oxidation sites excluding steroid dienone is 4. The van der Waals surface area contributed by atoms with Gasteiger partial charge in [-0.2, -0.15) is 0 Å². The van der Waals surface area contributed by atoms with Crippen LogP contribution in [-0.2, 0) is 0 Å². The molecule has 0 radical (unpaired) electrons. The summed E-state index contributed by atoms with van der Waals surface area (Å²) in [5.74, 6) is 0. The van der Waals surface area contributed by atoms with Gasteiger partial charge in [-0.15, -0.1) is 0 Å². The minimum absolute atomic E-state index is 1.09. The molecule has 10 aromatic carbocycles. The Labute approximate surface area is 448 Å². The SMILES string of the molecule is Cc1ccc(N(c2ccc(C=CC=C3c4ccccc4N(C)c4ccccc43)cc2)c2ccc(-c3ccc(N(c4ccc(C)cc4)c4ccc(C=CC=C5c6ccccc6N(C)c6ccccc65)cc4)cc3)cc2)cc1. The van der Waals surface area contributed by atoms with Crippen molar-refractivity contribution < 1.29 is 0 Å². The van der Waals surface area contributed by atoms with Crippen molar-refractivity contribution in [1.29, 1.82) is 0 Å². The molecule has 4 nitrogen and oxygen atoms in total. The first-order valence-electron chi connectivity index (χ1n) is 26.1. The molecule has 0 spiro atoms. The highest BCUT2D eigenvalue weighted by molar-refractivity contribution is 5.99. The van der Waals surface area contributed by atoms with Gasteiger partial charge >= 0.3 is 0 Å². The second-order valence-electron chi connectivity index (χ2n) is 19.7. The number of aryl methyl sites for hydroxylation is 2. The van der Waals surface area contributed by atoms with Crippen molar-refractivity contribution in [2.75, 3.05) is 33.7 Å². The van der Waals surface area contributed by atoms with Crippen molar-refractivity contribution in [3.05, 3.63) is 311 Å². The van der Waals surface area contributed by atoms with E-state index in [1.807, 2.05) is 0 Å². The van der Waals surface area contributed by atoms with E-state index in [9.17, 15) is 0 Å². The van der Waals surface area contributed by atoms with Gasteiger partial charge in [-0.1, -0.05) is 193 Å². The fourth-order valence-corrected chi connectivity index (χ4v) is 10.8. The summed E-state index contributed by atoms with van der Waals surface area (Å²) >= 11 is 0. The molecule has 12 rings (SSSR count). The van der Waals surface area contributed by atoms with Gasteiger partial charge in [0.15, 0.2) is 0 Å². The van der Waals surface area contributed by atoms with Gasteiger partial charge < -0.3 is 19.6 Å². The molecule has 2 aliphatic heterocycles. The molecule has 2 aliphatic rings. The van der Waals surface area contributed by atoms with E-state index in [1.54, 1.807) is 0 Å². The smallest absolute Gasteiger partial charge is 0.0488 e. The normalized spacial score (nSPS) is 12.5. The average Bonchev–Trinajstić information content (AvgIpc) is 3.52. The number of hydrogen-bond acceptors (Lipinski definition) is 4. The van der Waals surface area contributed by atoms with Gasteiger partial charge in [0, 0.05) is 93.2 Å². The third kappa shape index (κ3) is 9.34. The molecule has 0 amide bonds. The number of nitrogens with zero attached hydrogens (tertiary/aromatic N) is 4. The number of fused-ring (bicyclic) bond motifs is 4. The van der Waals surface area contributed by atoms with E-state index >= 15 is 0 Å². The lowest BCUT2D eigenvalue weighted by molar-refractivity contribution is 1.17. The summed E-state index contributed by atoms with van der Waals surface area (Å²) in [5, 5.41) is 0. The highest BCUT2D eigenvalue weighted by Gasteiger charge is 2.24. The zero-order valence-corrected chi connectivity index (χ0v) is 43.3. The summed E-state index contributed by atoms with van der Waals surface area (Å²) in [6.45, 7) is 4.27. The van der Waals surface area contributed by atoms with Crippen LogP contribution < -0.4 is 19.6 Å². The molecule has 366 valence electrons. The fourth-order valence-electron chi connectivity index (χ4n) is 10.8. The molecule has 76 heavy (non-hydrogen) atoms. The molecule has 0 fully saturated rings. The van der Waals surface area contributed by atoms with Crippen molar-refractivity contribution in [3.8, 4) is 11.1 Å². The Bertz CT molecular complexity index is 3470. The maximum atomic E-state index is 2.33. The quantitative estimate of drug-likeness (QED) is 0.128. The molecule has 0 unspecified atom stereocenters. The van der Waals surface area contributed by atoms with E-state index in [0.29, 0.717) is 0 Å². The monoisotopic (exact) mass is 978 g/mol. The van der Waals surface area contributed by atoms with E-state index in [2.05, 4.69) is 327 Å². The zero-order valence-electron chi connectivity index (χ0n) is 43.3. The molecule has 0 bridgehead atoms. The minimum Gasteiger partial charge on any atom is -0.344 e. The van der Waals surface area contributed by atoms with Gasteiger partial charge in [-0.3, -0.25) is 0 Å². The summed E-state index contributed by atoms with van der Waals surface area (Å²) in [6, 6.07) is 87.7. The number of hydrogen-bond donors (Lipinski definition) is 0. The Morgan fingerprint density at radius 2 is 0.539 bits per heavy atom. The van der Waals surface area contributed by atoms with Gasteiger partial charge in [-0.05, 0) is 144 Å². The number of anilines is 10. The largest absolute Gasteiger partial charge is 0.344 e. The molecule has 0 N–H and O–H groups in total. The summed E-state index contributed by atoms with van der Waals surface area (Å²) in [4.78, 5) is 9.23. The summed E-state index contributed by atoms with van der Waals surface area (Å²) < 4.78 is 0. The van der Waals surface area contributed by atoms with E-state index in [1.165, 1.54) is 67.3 Å². The van der Waals surface area contributed by atoms with Crippen LogP contribution >= 0.6 is 0 Å². The molecule has 0 saturated heterocycles. The Kier molecular flexibility index (Phi) is 12.9. The van der Waals surface area contributed by atoms with Crippen LogP contribution in [-0.4, -0.2) is 14.1 Å². The van der Waals surface area contributed by atoms with Gasteiger partial charge in [0.05, 0.1) is 0 Å². The molecule has 0 aromatic heterocycles. The Balaban J connectivity index is 0.785. The average molecular weight is 979 g/mol. The Morgan fingerprint density at radius 3 is 0.829 bits per heavy atom. The summed E-state index contributed by atoms with van der Waals surface area (Å²) in [5.41, 5.74) is 25.9. The van der Waals surface area contributed by atoms with Crippen molar-refractivity contribution in [2.45, 2.75) is 13.8 Å². The van der Waals surface area contributed by atoms with E-state index in [-0.39, 0.29) is 0 Å². The molecule has 4 heteroatoms. The van der Waals surface area contributed by atoms with Crippen LogP contribution in [0.2, 0.25) is 0 Å². The standard InChI is InChI=1S/C72H58N4/c1-51-27-39-57(40-28-51)75(59-43-31-53(32-44-59)15-13-21-63-65-17-5-9-23-69(65)73(3)70-24-10-6-18-66(63)70)61-47-35-55(36-48-61)56-37-49-62(50-38-56)76(58-41-29-52(2)30-42-58)60-45-33-54(34-46-60)16-14-22-64-67-19-7-11-25-71(67)74(4)72-26-12-8-20-68(64)72/h5-50H,1-4H3. The third-order valence-electron chi connectivity index (χ3n) is 14.8. The number of benzene rings is 10. The predicted molar refractivity (Wildman–Crippen MR) is 325 cm³/mol. The molecular formula is C72H58N4. The van der Waals surface area contributed by atoms with Gasteiger partial charge in [-0.25, -0.2) is 0 Å². The predicted octanol–water partition coefficient (Wildman–Crippen LogP) is 19.4. The Morgan fingerprint density at radius 1 is 0.289 bits per heavy atom. The van der Waals surface area contributed by atoms with E-state index in [4.69, 9.17) is 0 Å². The van der Waals surface area contributed by atoms with Crippen LogP contribution in [0.4, 0.5) is 56.9 Å². The van der Waals surface area contributed by atoms with Crippen molar-refractivity contribution in [3.63, 3.8) is 0 Å². The summed E-state index contributed by atoms with van der Waals surface area (Å²) in [6.07, 6.45) is 13.2. The second-order valence-corrected chi connectivity index (χ2v) is 19.7.